The van der Waals surface area contributed by atoms with Crippen LogP contribution in [0.2, 0.25) is 5.02 Å². The zero-order valence-electron chi connectivity index (χ0n) is 12.3. The van der Waals surface area contributed by atoms with Crippen molar-refractivity contribution in [1.29, 1.82) is 0 Å². The first-order valence-corrected chi connectivity index (χ1v) is 8.17. The highest BCUT2D eigenvalue weighted by atomic mass is 79.9. The fraction of sp³-hybridized carbons (Fsp3) is 0.294. The van der Waals surface area contributed by atoms with E-state index in [0.29, 0.717) is 0 Å². The van der Waals surface area contributed by atoms with Gasteiger partial charge < -0.3 is 10.2 Å². The highest BCUT2D eigenvalue weighted by Crippen LogP contribution is 2.28. The van der Waals surface area contributed by atoms with Gasteiger partial charge in [-0.05, 0) is 43.3 Å². The van der Waals surface area contributed by atoms with Crippen LogP contribution in [-0.2, 0) is 0 Å². The zero-order chi connectivity index (χ0) is 15.2. The van der Waals surface area contributed by atoms with Crippen molar-refractivity contribution in [2.24, 2.45) is 0 Å². The number of benzene rings is 2. The molecule has 1 unspecified atom stereocenters. The Morgan fingerprint density at radius 3 is 2.52 bits per heavy atom. The first-order valence-electron chi connectivity index (χ1n) is 7.00. The second kappa shape index (κ2) is 7.83. The summed E-state index contributed by atoms with van der Waals surface area (Å²) < 4.78 is 1.01. The molecule has 0 aliphatic rings. The summed E-state index contributed by atoms with van der Waals surface area (Å²) in [6.07, 6.45) is 0.989. The molecule has 0 spiro atoms. The fourth-order valence-electron chi connectivity index (χ4n) is 2.37. The van der Waals surface area contributed by atoms with Crippen LogP contribution >= 0.6 is 27.5 Å². The van der Waals surface area contributed by atoms with Crippen molar-refractivity contribution in [3.63, 3.8) is 0 Å². The molecule has 0 saturated carbocycles. The second-order valence-corrected chi connectivity index (χ2v) is 6.38. The quantitative estimate of drug-likeness (QED) is 0.782. The lowest BCUT2D eigenvalue weighted by molar-refractivity contribution is 0.549. The van der Waals surface area contributed by atoms with Gasteiger partial charge >= 0.3 is 0 Å². The zero-order valence-corrected chi connectivity index (χ0v) is 14.7. The Labute approximate surface area is 140 Å². The van der Waals surface area contributed by atoms with Gasteiger partial charge in [0.05, 0.1) is 0 Å². The van der Waals surface area contributed by atoms with Crippen molar-refractivity contribution < 1.29 is 0 Å². The van der Waals surface area contributed by atoms with Crippen LogP contribution in [0.25, 0.3) is 0 Å². The molecule has 2 nitrogen and oxygen atoms in total. The third-order valence-electron chi connectivity index (χ3n) is 3.64. The van der Waals surface area contributed by atoms with Gasteiger partial charge in [-0.15, -0.1) is 0 Å². The highest BCUT2D eigenvalue weighted by molar-refractivity contribution is 9.10. The van der Waals surface area contributed by atoms with Gasteiger partial charge in [-0.3, -0.25) is 0 Å². The first kappa shape index (κ1) is 16.3. The smallest absolute Gasteiger partial charge is 0.0465 e. The summed E-state index contributed by atoms with van der Waals surface area (Å²) in [5, 5.41) is 4.16. The average Bonchev–Trinajstić information content (AvgIpc) is 2.50. The van der Waals surface area contributed by atoms with Crippen molar-refractivity contribution in [1.82, 2.24) is 5.32 Å². The van der Waals surface area contributed by atoms with E-state index in [1.807, 2.05) is 25.2 Å². The van der Waals surface area contributed by atoms with Crippen LogP contribution in [0.5, 0.6) is 0 Å². The molecule has 2 aromatic rings. The number of hydrogen-bond donors (Lipinski definition) is 1. The predicted octanol–water partition coefficient (Wildman–Crippen LogP) is 4.89. The van der Waals surface area contributed by atoms with Gasteiger partial charge in [0, 0.05) is 34.8 Å². The second-order valence-electron chi connectivity index (χ2n) is 5.05. The molecule has 2 rings (SSSR count). The Morgan fingerprint density at radius 2 is 1.90 bits per heavy atom. The van der Waals surface area contributed by atoms with Crippen LogP contribution in [-0.4, -0.2) is 20.6 Å². The van der Waals surface area contributed by atoms with Gasteiger partial charge in [0.25, 0.3) is 0 Å². The van der Waals surface area contributed by atoms with E-state index in [4.69, 9.17) is 11.6 Å². The third-order valence-corrected chi connectivity index (χ3v) is 4.46. The summed E-state index contributed by atoms with van der Waals surface area (Å²) in [4.78, 5) is 2.26. The average molecular weight is 368 g/mol. The van der Waals surface area contributed by atoms with Crippen LogP contribution in [0.4, 0.5) is 5.69 Å². The molecule has 0 aliphatic heterocycles. The molecule has 112 valence electrons. The van der Waals surface area contributed by atoms with E-state index in [-0.39, 0.29) is 6.04 Å². The number of nitrogens with zero attached hydrogens (tertiary/aromatic N) is 1. The number of para-hydroxylation sites is 1. The first-order chi connectivity index (χ1) is 10.1. The molecular formula is C17H20BrClN2. The summed E-state index contributed by atoms with van der Waals surface area (Å²) in [6, 6.07) is 16.7. The Bertz CT molecular complexity index is 574. The number of rotatable bonds is 6. The highest BCUT2D eigenvalue weighted by Gasteiger charge is 2.14. The number of nitrogens with one attached hydrogen (secondary N) is 1. The SMILES string of the molecule is CNC(CCN(C)c1ccccc1)c1ccc(Br)cc1Cl. The lowest BCUT2D eigenvalue weighted by Gasteiger charge is -2.24. The van der Waals surface area contributed by atoms with Crippen molar-refractivity contribution in [3.8, 4) is 0 Å². The molecule has 1 atom stereocenters. The molecule has 0 aromatic heterocycles. The minimum Gasteiger partial charge on any atom is -0.375 e. The Hall–Kier alpha value is -1.03. The summed E-state index contributed by atoms with van der Waals surface area (Å²) in [5.74, 6) is 0. The van der Waals surface area contributed by atoms with E-state index in [0.717, 1.165) is 28.0 Å². The van der Waals surface area contributed by atoms with Crippen molar-refractivity contribution >= 4 is 33.2 Å². The molecule has 21 heavy (non-hydrogen) atoms. The van der Waals surface area contributed by atoms with E-state index in [9.17, 15) is 0 Å². The van der Waals surface area contributed by atoms with Crippen LogP contribution in [0, 0.1) is 0 Å². The molecular weight excluding hydrogens is 348 g/mol. The van der Waals surface area contributed by atoms with Crippen LogP contribution in [0.1, 0.15) is 18.0 Å². The molecule has 0 heterocycles. The Morgan fingerprint density at radius 1 is 1.19 bits per heavy atom. The third kappa shape index (κ3) is 4.47. The van der Waals surface area contributed by atoms with Gasteiger partial charge in [0.15, 0.2) is 0 Å². The van der Waals surface area contributed by atoms with Crippen LogP contribution in [0.3, 0.4) is 0 Å². The van der Waals surface area contributed by atoms with Gasteiger partial charge in [-0.25, -0.2) is 0 Å². The largest absolute Gasteiger partial charge is 0.375 e. The molecule has 0 fully saturated rings. The Kier molecular flexibility index (Phi) is 6.09. The standard InChI is InChI=1S/C17H20BrClN2/c1-20-17(15-9-8-13(18)12-16(15)19)10-11-21(2)14-6-4-3-5-7-14/h3-9,12,17,20H,10-11H2,1-2H3. The lowest BCUT2D eigenvalue weighted by Crippen LogP contribution is -2.25. The van der Waals surface area contributed by atoms with Crippen molar-refractivity contribution in [3.05, 3.63) is 63.6 Å². The maximum atomic E-state index is 6.35. The van der Waals surface area contributed by atoms with Gasteiger partial charge in [0.2, 0.25) is 0 Å². The van der Waals surface area contributed by atoms with E-state index >= 15 is 0 Å². The molecule has 4 heteroatoms. The van der Waals surface area contributed by atoms with Gasteiger partial charge in [-0.2, -0.15) is 0 Å². The monoisotopic (exact) mass is 366 g/mol. The molecule has 0 amide bonds. The summed E-state index contributed by atoms with van der Waals surface area (Å²) in [6.45, 7) is 0.960. The number of hydrogen-bond acceptors (Lipinski definition) is 2. The lowest BCUT2D eigenvalue weighted by atomic mass is 10.0. The molecule has 0 saturated heterocycles. The minimum absolute atomic E-state index is 0.247. The maximum Gasteiger partial charge on any atom is 0.0465 e. The van der Waals surface area contributed by atoms with E-state index < -0.39 is 0 Å². The van der Waals surface area contributed by atoms with E-state index in [2.05, 4.69) is 63.5 Å². The molecule has 0 bridgehead atoms. The summed E-state index contributed by atoms with van der Waals surface area (Å²) >= 11 is 9.80. The summed E-state index contributed by atoms with van der Waals surface area (Å²) in [5.41, 5.74) is 2.37. The van der Waals surface area contributed by atoms with Crippen molar-refractivity contribution in [2.45, 2.75) is 12.5 Å². The Balaban J connectivity index is 2.03. The molecule has 2 aromatic carbocycles. The summed E-state index contributed by atoms with van der Waals surface area (Å²) in [7, 11) is 4.09. The molecule has 0 radical (unpaired) electrons. The predicted molar refractivity (Wildman–Crippen MR) is 95.3 cm³/mol. The molecule has 1 N–H and O–H groups in total. The van der Waals surface area contributed by atoms with Gasteiger partial charge in [-0.1, -0.05) is 51.8 Å². The minimum atomic E-state index is 0.247. The fourth-order valence-corrected chi connectivity index (χ4v) is 3.18. The van der Waals surface area contributed by atoms with Gasteiger partial charge in [0.1, 0.15) is 0 Å². The molecule has 0 aliphatic carbocycles. The van der Waals surface area contributed by atoms with Crippen LogP contribution in [0.15, 0.2) is 53.0 Å². The van der Waals surface area contributed by atoms with Crippen LogP contribution < -0.4 is 10.2 Å². The number of anilines is 1. The van der Waals surface area contributed by atoms with E-state index in [1.54, 1.807) is 0 Å². The normalized spacial score (nSPS) is 12.2. The topological polar surface area (TPSA) is 15.3 Å². The number of halogens is 2. The van der Waals surface area contributed by atoms with E-state index in [1.165, 1.54) is 5.69 Å². The maximum absolute atomic E-state index is 6.35. The van der Waals surface area contributed by atoms with Crippen molar-refractivity contribution in [2.75, 3.05) is 25.5 Å².